The lowest BCUT2D eigenvalue weighted by Gasteiger charge is -2.08. The number of Topliss-reactive ketones (excluding diaryl/α,β-unsaturated/α-hetero) is 1. The molecule has 2 rings (SSSR count). The van der Waals surface area contributed by atoms with Crippen LogP contribution in [0.15, 0.2) is 32.9 Å². The number of aromatic nitrogens is 2. The Kier molecular flexibility index (Phi) is 5.45. The molecule has 0 radical (unpaired) electrons. The number of carbonyl (C=O) groups excluding carboxylic acids is 1. The van der Waals surface area contributed by atoms with E-state index < -0.39 is 0 Å². The minimum Gasteiger partial charge on any atom is -0.497 e. The minimum atomic E-state index is -0.189. The van der Waals surface area contributed by atoms with Crippen LogP contribution in [0.5, 0.6) is 5.75 Å². The Morgan fingerprint density at radius 1 is 1.25 bits per heavy atom. The lowest BCUT2D eigenvalue weighted by Crippen LogP contribution is -2.13. The molecule has 106 valence electrons. The Balaban J connectivity index is 2.03. The number of methoxy groups -OCH3 is 1. The number of carbonyl (C=O) groups is 1. The summed E-state index contributed by atoms with van der Waals surface area (Å²) in [5.74, 6) is 0.828. The van der Waals surface area contributed by atoms with Gasteiger partial charge in [-0.05, 0) is 37.4 Å². The van der Waals surface area contributed by atoms with Crippen molar-refractivity contribution in [3.63, 3.8) is 0 Å². The predicted octanol–water partition coefficient (Wildman–Crippen LogP) is 3.63. The average molecular weight is 326 g/mol. The van der Waals surface area contributed by atoms with Gasteiger partial charge in [0.25, 0.3) is 0 Å². The number of thioether (sulfide) groups is 2. The van der Waals surface area contributed by atoms with Gasteiger partial charge in [-0.25, -0.2) is 0 Å². The van der Waals surface area contributed by atoms with Crippen molar-refractivity contribution < 1.29 is 9.53 Å². The van der Waals surface area contributed by atoms with Gasteiger partial charge in [0.15, 0.2) is 14.5 Å². The summed E-state index contributed by atoms with van der Waals surface area (Å²) >= 11 is 4.51. The fourth-order valence-corrected chi connectivity index (χ4v) is 4.18. The highest BCUT2D eigenvalue weighted by Crippen LogP contribution is 2.31. The maximum absolute atomic E-state index is 12.3. The van der Waals surface area contributed by atoms with Crippen molar-refractivity contribution in [1.82, 2.24) is 10.2 Å². The van der Waals surface area contributed by atoms with Gasteiger partial charge in [-0.15, -0.1) is 10.2 Å². The van der Waals surface area contributed by atoms with E-state index >= 15 is 0 Å². The highest BCUT2D eigenvalue weighted by molar-refractivity contribution is 8.03. The van der Waals surface area contributed by atoms with Crippen LogP contribution in [0.3, 0.4) is 0 Å². The molecular weight excluding hydrogens is 312 g/mol. The molecule has 0 N–H and O–H groups in total. The smallest absolute Gasteiger partial charge is 0.175 e. The van der Waals surface area contributed by atoms with E-state index in [0.29, 0.717) is 5.56 Å². The minimum absolute atomic E-state index is 0.0820. The Labute approximate surface area is 130 Å². The van der Waals surface area contributed by atoms with E-state index in [9.17, 15) is 4.79 Å². The Hall–Kier alpha value is -1.05. The number of ether oxygens (including phenoxy) is 1. The lowest BCUT2D eigenvalue weighted by atomic mass is 10.1. The van der Waals surface area contributed by atoms with Crippen molar-refractivity contribution >= 4 is 40.6 Å². The van der Waals surface area contributed by atoms with Crippen LogP contribution >= 0.6 is 34.9 Å². The second kappa shape index (κ2) is 7.10. The zero-order chi connectivity index (χ0) is 14.5. The van der Waals surface area contributed by atoms with Crippen LogP contribution in [-0.4, -0.2) is 34.6 Å². The molecule has 0 amide bonds. The molecule has 0 fully saturated rings. The van der Waals surface area contributed by atoms with Crippen LogP contribution in [0.2, 0.25) is 0 Å². The number of nitrogens with zero attached hydrogens (tertiary/aromatic N) is 2. The van der Waals surface area contributed by atoms with E-state index in [0.717, 1.165) is 14.4 Å². The molecule has 0 bridgehead atoms. The van der Waals surface area contributed by atoms with Gasteiger partial charge in [0.05, 0.1) is 12.4 Å². The first-order valence-corrected chi connectivity index (χ1v) is 8.78. The van der Waals surface area contributed by atoms with Crippen molar-refractivity contribution in [3.05, 3.63) is 29.8 Å². The van der Waals surface area contributed by atoms with Gasteiger partial charge in [-0.2, -0.15) is 0 Å². The summed E-state index contributed by atoms with van der Waals surface area (Å²) in [6.45, 7) is 1.89. The van der Waals surface area contributed by atoms with E-state index in [-0.39, 0.29) is 11.0 Å². The maximum atomic E-state index is 12.3. The fourth-order valence-electron chi connectivity index (χ4n) is 1.52. The predicted molar refractivity (Wildman–Crippen MR) is 84.3 cm³/mol. The van der Waals surface area contributed by atoms with Gasteiger partial charge in [-0.3, -0.25) is 4.79 Å². The normalized spacial score (nSPS) is 12.2. The Bertz CT molecular complexity index is 584. The molecule has 2 aromatic rings. The van der Waals surface area contributed by atoms with Gasteiger partial charge < -0.3 is 4.74 Å². The molecule has 0 saturated carbocycles. The summed E-state index contributed by atoms with van der Waals surface area (Å²) in [6, 6.07) is 7.15. The molecule has 0 aliphatic rings. The lowest BCUT2D eigenvalue weighted by molar-refractivity contribution is 0.0994. The Morgan fingerprint density at radius 3 is 2.45 bits per heavy atom. The number of hydrogen-bond donors (Lipinski definition) is 0. The molecule has 4 nitrogen and oxygen atoms in total. The van der Waals surface area contributed by atoms with E-state index in [4.69, 9.17) is 4.74 Å². The van der Waals surface area contributed by atoms with Gasteiger partial charge in [0.1, 0.15) is 5.75 Å². The van der Waals surface area contributed by atoms with Crippen LogP contribution in [0.1, 0.15) is 17.3 Å². The van der Waals surface area contributed by atoms with E-state index in [1.807, 2.05) is 13.2 Å². The highest BCUT2D eigenvalue weighted by Gasteiger charge is 2.18. The highest BCUT2D eigenvalue weighted by atomic mass is 32.2. The molecule has 0 spiro atoms. The quantitative estimate of drug-likeness (QED) is 0.597. The second-order valence-corrected chi connectivity index (χ2v) is 7.51. The molecule has 0 aliphatic carbocycles. The molecular formula is C13H14N2O2S3. The monoisotopic (exact) mass is 326 g/mol. The van der Waals surface area contributed by atoms with Crippen LogP contribution in [0, 0.1) is 0 Å². The molecule has 7 heteroatoms. The standard InChI is InChI=1S/C13H14N2O2S3/c1-8(19-13-15-14-12(18-3)20-13)11(16)9-4-6-10(17-2)7-5-9/h4-8H,1-3H3. The summed E-state index contributed by atoms with van der Waals surface area (Å²) in [5, 5.41) is 7.91. The molecule has 1 aromatic heterocycles. The first kappa shape index (κ1) is 15.3. The summed E-state index contributed by atoms with van der Waals surface area (Å²) in [7, 11) is 1.61. The molecule has 1 aromatic carbocycles. The third-order valence-electron chi connectivity index (χ3n) is 2.58. The van der Waals surface area contributed by atoms with Crippen molar-refractivity contribution in [2.75, 3.05) is 13.4 Å². The number of ketones is 1. The van der Waals surface area contributed by atoms with Gasteiger partial charge >= 0.3 is 0 Å². The number of benzene rings is 1. The summed E-state index contributed by atoms with van der Waals surface area (Å²) in [6.07, 6.45) is 1.96. The SMILES string of the molecule is COc1ccc(C(=O)C(C)Sc2nnc(SC)s2)cc1. The second-order valence-electron chi connectivity index (χ2n) is 3.89. The average Bonchev–Trinajstić information content (AvgIpc) is 2.94. The van der Waals surface area contributed by atoms with E-state index in [2.05, 4.69) is 10.2 Å². The largest absolute Gasteiger partial charge is 0.497 e. The number of hydrogen-bond acceptors (Lipinski definition) is 7. The molecule has 1 atom stereocenters. The van der Waals surface area contributed by atoms with Gasteiger partial charge in [0.2, 0.25) is 0 Å². The molecule has 0 aliphatic heterocycles. The van der Waals surface area contributed by atoms with Crippen LogP contribution in [0.4, 0.5) is 0 Å². The maximum Gasteiger partial charge on any atom is 0.175 e. The summed E-state index contributed by atoms with van der Waals surface area (Å²) < 4.78 is 6.82. The van der Waals surface area contributed by atoms with Gasteiger partial charge in [0, 0.05) is 5.56 Å². The summed E-state index contributed by atoms with van der Waals surface area (Å²) in [4.78, 5) is 12.3. The first-order chi connectivity index (χ1) is 9.63. The zero-order valence-electron chi connectivity index (χ0n) is 11.3. The molecule has 20 heavy (non-hydrogen) atoms. The summed E-state index contributed by atoms with van der Waals surface area (Å²) in [5.41, 5.74) is 0.681. The van der Waals surface area contributed by atoms with E-state index in [1.54, 1.807) is 43.1 Å². The van der Waals surface area contributed by atoms with Crippen molar-refractivity contribution in [2.24, 2.45) is 0 Å². The Morgan fingerprint density at radius 2 is 1.90 bits per heavy atom. The topological polar surface area (TPSA) is 52.1 Å². The first-order valence-electron chi connectivity index (χ1n) is 5.86. The van der Waals surface area contributed by atoms with Crippen LogP contribution in [-0.2, 0) is 0 Å². The molecule has 0 saturated heterocycles. The van der Waals surface area contributed by atoms with Crippen molar-refractivity contribution in [2.45, 2.75) is 20.9 Å². The van der Waals surface area contributed by atoms with Crippen LogP contribution in [0.25, 0.3) is 0 Å². The third kappa shape index (κ3) is 3.74. The van der Waals surface area contributed by atoms with Gasteiger partial charge in [-0.1, -0.05) is 34.9 Å². The van der Waals surface area contributed by atoms with Crippen molar-refractivity contribution in [1.29, 1.82) is 0 Å². The molecule has 1 heterocycles. The molecule has 1 unspecified atom stereocenters. The van der Waals surface area contributed by atoms with Crippen LogP contribution < -0.4 is 4.74 Å². The zero-order valence-corrected chi connectivity index (χ0v) is 13.8. The third-order valence-corrected chi connectivity index (χ3v) is 5.67. The van der Waals surface area contributed by atoms with E-state index in [1.165, 1.54) is 23.1 Å². The number of rotatable bonds is 6. The van der Waals surface area contributed by atoms with Crippen molar-refractivity contribution in [3.8, 4) is 5.75 Å². The fraction of sp³-hybridized carbons (Fsp3) is 0.308.